The van der Waals surface area contributed by atoms with Crippen LogP contribution in [-0.2, 0) is 17.5 Å². The van der Waals surface area contributed by atoms with Crippen molar-refractivity contribution in [3.8, 4) is 0 Å². The van der Waals surface area contributed by atoms with Crippen LogP contribution in [0.25, 0.3) is 0 Å². The number of likely N-dealkylation sites (tertiary alicyclic amines) is 1. The second-order valence-electron chi connectivity index (χ2n) is 9.88. The molecular weight excluding hydrogens is 379 g/mol. The molecule has 1 saturated carbocycles. The van der Waals surface area contributed by atoms with Gasteiger partial charge in [0.15, 0.2) is 0 Å². The minimum atomic E-state index is -4.30. The van der Waals surface area contributed by atoms with E-state index in [4.69, 9.17) is 5.73 Å². The molecule has 1 amide bonds. The molecule has 162 valence electrons. The third-order valence-corrected chi connectivity index (χ3v) is 6.12. The molecule has 3 N–H and O–H groups in total. The summed E-state index contributed by atoms with van der Waals surface area (Å²) in [5.41, 5.74) is 6.35. The van der Waals surface area contributed by atoms with Crippen molar-refractivity contribution in [3.05, 3.63) is 35.4 Å². The third kappa shape index (κ3) is 5.72. The number of nitrogens with one attached hydrogen (secondary N) is 1. The molecule has 0 spiro atoms. The summed E-state index contributed by atoms with van der Waals surface area (Å²) in [6.07, 6.45) is -1.63. The van der Waals surface area contributed by atoms with Crippen molar-refractivity contribution in [1.29, 1.82) is 0 Å². The molecule has 2 aliphatic rings. The van der Waals surface area contributed by atoms with Gasteiger partial charge in [0.25, 0.3) is 0 Å². The van der Waals surface area contributed by atoms with Gasteiger partial charge in [0.1, 0.15) is 0 Å². The first kappa shape index (κ1) is 22.1. The summed E-state index contributed by atoms with van der Waals surface area (Å²) in [6.45, 7) is 8.62. The minimum Gasteiger partial charge on any atom is -0.352 e. The molecule has 1 heterocycles. The van der Waals surface area contributed by atoms with E-state index in [1.807, 2.05) is 0 Å². The van der Waals surface area contributed by atoms with Crippen molar-refractivity contribution in [2.24, 2.45) is 23.0 Å². The van der Waals surface area contributed by atoms with Crippen LogP contribution in [0.2, 0.25) is 0 Å². The minimum absolute atomic E-state index is 0.000783. The number of nitrogens with two attached hydrogens (primary N) is 1. The predicted octanol–water partition coefficient (Wildman–Crippen LogP) is 3.80. The van der Waals surface area contributed by atoms with Crippen LogP contribution < -0.4 is 11.1 Å². The molecule has 3 rings (SSSR count). The van der Waals surface area contributed by atoms with Crippen molar-refractivity contribution in [2.45, 2.75) is 64.8 Å². The molecule has 1 aliphatic carbocycles. The zero-order chi connectivity index (χ0) is 21.4. The topological polar surface area (TPSA) is 58.4 Å². The van der Waals surface area contributed by atoms with E-state index in [2.05, 4.69) is 31.0 Å². The van der Waals surface area contributed by atoms with Crippen molar-refractivity contribution >= 4 is 5.91 Å². The number of carbonyl (C=O) groups excluding carboxylic acids is 1. The van der Waals surface area contributed by atoms with Gasteiger partial charge in [-0.2, -0.15) is 13.2 Å². The highest BCUT2D eigenvalue weighted by Crippen LogP contribution is 2.39. The zero-order valence-electron chi connectivity index (χ0n) is 17.4. The standard InChI is InChI=1S/C22H32F3N3O/c1-21(2,3)10-18(26)20(29)27-19-9-6-15-12-28(13-17(15)19)11-14-4-7-16(8-5-14)22(23,24)25/h4-5,7-8,15,17-19H,6,9-13,26H2,1-3H3,(H,27,29)/t15-,17+,18+,19+/m1/s1. The summed E-state index contributed by atoms with van der Waals surface area (Å²) in [4.78, 5) is 14.8. The fraction of sp³-hybridized carbons (Fsp3) is 0.682. The second-order valence-corrected chi connectivity index (χ2v) is 9.88. The molecule has 29 heavy (non-hydrogen) atoms. The Labute approximate surface area is 171 Å². The van der Waals surface area contributed by atoms with Crippen LogP contribution in [0.1, 0.15) is 51.2 Å². The van der Waals surface area contributed by atoms with E-state index in [0.29, 0.717) is 24.8 Å². The number of halogens is 3. The van der Waals surface area contributed by atoms with Crippen molar-refractivity contribution in [1.82, 2.24) is 10.2 Å². The van der Waals surface area contributed by atoms with Gasteiger partial charge in [0.2, 0.25) is 5.91 Å². The molecule has 1 aromatic carbocycles. The molecule has 0 unspecified atom stereocenters. The van der Waals surface area contributed by atoms with Gasteiger partial charge < -0.3 is 11.1 Å². The van der Waals surface area contributed by atoms with Gasteiger partial charge in [-0.25, -0.2) is 0 Å². The maximum absolute atomic E-state index is 12.7. The monoisotopic (exact) mass is 411 g/mol. The summed E-state index contributed by atoms with van der Waals surface area (Å²) in [7, 11) is 0. The lowest BCUT2D eigenvalue weighted by Crippen LogP contribution is -2.48. The molecule has 4 atom stereocenters. The lowest BCUT2D eigenvalue weighted by molar-refractivity contribution is -0.137. The van der Waals surface area contributed by atoms with Crippen molar-refractivity contribution < 1.29 is 18.0 Å². The van der Waals surface area contributed by atoms with Gasteiger partial charge in [-0.05, 0) is 54.2 Å². The maximum Gasteiger partial charge on any atom is 0.416 e. The molecule has 2 fully saturated rings. The van der Waals surface area contributed by atoms with Crippen LogP contribution in [0.5, 0.6) is 0 Å². The Hall–Kier alpha value is -1.60. The molecule has 1 aromatic rings. The molecule has 4 nitrogen and oxygen atoms in total. The molecule has 1 aliphatic heterocycles. The van der Waals surface area contributed by atoms with Crippen LogP contribution in [0, 0.1) is 17.3 Å². The highest BCUT2D eigenvalue weighted by atomic mass is 19.4. The number of hydrogen-bond donors (Lipinski definition) is 2. The van der Waals surface area contributed by atoms with E-state index < -0.39 is 17.8 Å². The number of fused-ring (bicyclic) bond motifs is 1. The average molecular weight is 412 g/mol. The van der Waals surface area contributed by atoms with Crippen molar-refractivity contribution in [2.75, 3.05) is 13.1 Å². The quantitative estimate of drug-likeness (QED) is 0.775. The van der Waals surface area contributed by atoms with E-state index in [-0.39, 0.29) is 17.4 Å². The Morgan fingerprint density at radius 1 is 1.17 bits per heavy atom. The lowest BCUT2D eigenvalue weighted by atomic mass is 9.88. The van der Waals surface area contributed by atoms with E-state index in [1.165, 1.54) is 0 Å². The Kier molecular flexibility index (Phi) is 6.30. The van der Waals surface area contributed by atoms with Crippen LogP contribution in [0.15, 0.2) is 24.3 Å². The normalized spacial score (nSPS) is 26.4. The van der Waals surface area contributed by atoms with Gasteiger partial charge in [0.05, 0.1) is 11.6 Å². The van der Waals surface area contributed by atoms with Gasteiger partial charge in [-0.15, -0.1) is 0 Å². The highest BCUT2D eigenvalue weighted by molar-refractivity contribution is 5.81. The first-order valence-corrected chi connectivity index (χ1v) is 10.4. The molecule has 7 heteroatoms. The summed E-state index contributed by atoms with van der Waals surface area (Å²) < 4.78 is 38.2. The number of amides is 1. The number of nitrogens with zero attached hydrogens (tertiary/aromatic N) is 1. The molecule has 0 aromatic heterocycles. The average Bonchev–Trinajstić information content (AvgIpc) is 3.14. The molecule has 0 bridgehead atoms. The number of carbonyl (C=O) groups is 1. The predicted molar refractivity (Wildman–Crippen MR) is 107 cm³/mol. The molecular formula is C22H32F3N3O. The summed E-state index contributed by atoms with van der Waals surface area (Å²) in [5, 5.41) is 3.17. The van der Waals surface area contributed by atoms with Gasteiger partial charge >= 0.3 is 6.18 Å². The van der Waals surface area contributed by atoms with E-state index >= 15 is 0 Å². The van der Waals surface area contributed by atoms with E-state index in [0.717, 1.165) is 43.6 Å². The molecule has 0 radical (unpaired) electrons. The number of hydrogen-bond acceptors (Lipinski definition) is 3. The Balaban J connectivity index is 1.53. The second kappa shape index (κ2) is 8.26. The van der Waals surface area contributed by atoms with Crippen LogP contribution in [0.4, 0.5) is 13.2 Å². The molecule has 1 saturated heterocycles. The van der Waals surface area contributed by atoms with E-state index in [9.17, 15) is 18.0 Å². The Morgan fingerprint density at radius 3 is 2.41 bits per heavy atom. The zero-order valence-corrected chi connectivity index (χ0v) is 17.4. The Morgan fingerprint density at radius 2 is 1.83 bits per heavy atom. The summed E-state index contributed by atoms with van der Waals surface area (Å²) in [5.74, 6) is 0.829. The number of alkyl halides is 3. The first-order valence-electron chi connectivity index (χ1n) is 10.4. The SMILES string of the molecule is CC(C)(C)C[C@H](N)C(=O)N[C@H]1CC[C@@H]2CN(Cc3ccc(C(F)(F)F)cc3)C[C@@H]21. The third-order valence-electron chi connectivity index (χ3n) is 6.12. The van der Waals surface area contributed by atoms with Crippen LogP contribution >= 0.6 is 0 Å². The van der Waals surface area contributed by atoms with Gasteiger partial charge in [-0.1, -0.05) is 32.9 Å². The summed E-state index contributed by atoms with van der Waals surface area (Å²) in [6, 6.07) is 5.04. The maximum atomic E-state index is 12.7. The summed E-state index contributed by atoms with van der Waals surface area (Å²) >= 11 is 0. The first-order chi connectivity index (χ1) is 13.4. The van der Waals surface area contributed by atoms with Gasteiger partial charge in [-0.3, -0.25) is 9.69 Å². The highest BCUT2D eigenvalue weighted by Gasteiger charge is 2.43. The van der Waals surface area contributed by atoms with E-state index in [1.54, 1.807) is 12.1 Å². The number of benzene rings is 1. The fourth-order valence-electron chi connectivity index (χ4n) is 4.77. The largest absolute Gasteiger partial charge is 0.416 e. The lowest BCUT2D eigenvalue weighted by Gasteiger charge is -2.26. The van der Waals surface area contributed by atoms with Crippen LogP contribution in [-0.4, -0.2) is 36.0 Å². The number of rotatable bonds is 5. The van der Waals surface area contributed by atoms with Crippen molar-refractivity contribution in [3.63, 3.8) is 0 Å². The van der Waals surface area contributed by atoms with Crippen LogP contribution in [0.3, 0.4) is 0 Å². The fourth-order valence-corrected chi connectivity index (χ4v) is 4.77. The smallest absolute Gasteiger partial charge is 0.352 e. The Bertz CT molecular complexity index is 711. The van der Waals surface area contributed by atoms with Gasteiger partial charge in [0, 0.05) is 25.7 Å².